The van der Waals surface area contributed by atoms with E-state index in [9.17, 15) is 9.59 Å². The average Bonchev–Trinajstić information content (AvgIpc) is 2.61. The summed E-state index contributed by atoms with van der Waals surface area (Å²) in [6, 6.07) is 6.95. The average molecular weight is 371 g/mol. The zero-order valence-electron chi connectivity index (χ0n) is 14.7. The van der Waals surface area contributed by atoms with Gasteiger partial charge in [-0.3, -0.25) is 4.79 Å². The van der Waals surface area contributed by atoms with E-state index in [4.69, 9.17) is 4.74 Å². The van der Waals surface area contributed by atoms with E-state index in [1.807, 2.05) is 0 Å². The SMILES string of the molecule is COC(=O)COc1ccc(NC(=O)CC(C)C2CCCNC2)cc1.Cl. The smallest absolute Gasteiger partial charge is 0.343 e. The highest BCUT2D eigenvalue weighted by Crippen LogP contribution is 2.23. The van der Waals surface area contributed by atoms with E-state index in [-0.39, 0.29) is 24.9 Å². The van der Waals surface area contributed by atoms with Gasteiger partial charge in [0.25, 0.3) is 0 Å². The fraction of sp³-hybridized carbons (Fsp3) is 0.556. The Labute approximate surface area is 155 Å². The van der Waals surface area contributed by atoms with Crippen LogP contribution in [-0.2, 0) is 14.3 Å². The molecule has 1 aliphatic rings. The van der Waals surface area contributed by atoms with Crippen molar-refractivity contribution in [1.82, 2.24) is 5.32 Å². The minimum atomic E-state index is -0.432. The van der Waals surface area contributed by atoms with Crippen LogP contribution >= 0.6 is 12.4 Å². The maximum absolute atomic E-state index is 12.2. The molecule has 1 aromatic rings. The first-order chi connectivity index (χ1) is 11.6. The Hall–Kier alpha value is -1.79. The number of carbonyl (C=O) groups is 2. The molecular weight excluding hydrogens is 344 g/mol. The van der Waals surface area contributed by atoms with Gasteiger partial charge in [0.1, 0.15) is 5.75 Å². The number of methoxy groups -OCH3 is 1. The standard InChI is InChI=1S/C18H26N2O4.ClH/c1-13(14-4-3-9-19-11-14)10-17(21)20-15-5-7-16(8-6-15)24-12-18(22)23-2;/h5-8,13-14,19H,3-4,9-12H2,1-2H3,(H,20,21);1H. The van der Waals surface area contributed by atoms with Gasteiger partial charge in [0.15, 0.2) is 6.61 Å². The van der Waals surface area contributed by atoms with Crippen LogP contribution in [0.25, 0.3) is 0 Å². The number of anilines is 1. The Morgan fingerprint density at radius 2 is 2.04 bits per heavy atom. The van der Waals surface area contributed by atoms with Crippen molar-refractivity contribution in [3.8, 4) is 5.75 Å². The fourth-order valence-electron chi connectivity index (χ4n) is 2.87. The van der Waals surface area contributed by atoms with Gasteiger partial charge in [-0.25, -0.2) is 4.79 Å². The number of benzene rings is 1. The molecule has 140 valence electrons. The van der Waals surface area contributed by atoms with Gasteiger partial charge in [0, 0.05) is 12.1 Å². The van der Waals surface area contributed by atoms with Crippen molar-refractivity contribution in [3.05, 3.63) is 24.3 Å². The molecule has 7 heteroatoms. The lowest BCUT2D eigenvalue weighted by Gasteiger charge is -2.28. The Kier molecular flexibility index (Phi) is 9.31. The van der Waals surface area contributed by atoms with E-state index in [0.29, 0.717) is 24.0 Å². The molecule has 0 aromatic heterocycles. The molecule has 6 nitrogen and oxygen atoms in total. The quantitative estimate of drug-likeness (QED) is 0.721. The van der Waals surface area contributed by atoms with Gasteiger partial charge < -0.3 is 20.1 Å². The van der Waals surface area contributed by atoms with E-state index in [1.54, 1.807) is 24.3 Å². The number of piperidine rings is 1. The third-order valence-corrected chi connectivity index (χ3v) is 4.37. The van der Waals surface area contributed by atoms with Gasteiger partial charge >= 0.3 is 5.97 Å². The maximum atomic E-state index is 12.2. The molecule has 1 aliphatic heterocycles. The second kappa shape index (κ2) is 10.9. The van der Waals surface area contributed by atoms with E-state index in [0.717, 1.165) is 18.8 Å². The van der Waals surface area contributed by atoms with Crippen LogP contribution in [0.3, 0.4) is 0 Å². The van der Waals surface area contributed by atoms with Crippen LogP contribution in [-0.4, -0.2) is 38.7 Å². The molecule has 1 heterocycles. The van der Waals surface area contributed by atoms with Gasteiger partial charge in [-0.2, -0.15) is 0 Å². The highest BCUT2D eigenvalue weighted by molar-refractivity contribution is 5.90. The lowest BCUT2D eigenvalue weighted by atomic mass is 9.85. The predicted octanol–water partition coefficient (Wildman–Crippen LogP) is 2.62. The first-order valence-corrected chi connectivity index (χ1v) is 8.38. The lowest BCUT2D eigenvalue weighted by Crippen LogP contribution is -2.34. The van der Waals surface area contributed by atoms with Gasteiger partial charge in [-0.15, -0.1) is 12.4 Å². The number of esters is 1. The number of halogens is 1. The third kappa shape index (κ3) is 7.32. The zero-order chi connectivity index (χ0) is 17.4. The van der Waals surface area contributed by atoms with Crippen LogP contribution in [0.5, 0.6) is 5.75 Å². The van der Waals surface area contributed by atoms with Crippen molar-refractivity contribution in [2.45, 2.75) is 26.2 Å². The van der Waals surface area contributed by atoms with Crippen molar-refractivity contribution in [2.24, 2.45) is 11.8 Å². The fourth-order valence-corrected chi connectivity index (χ4v) is 2.87. The Morgan fingerprint density at radius 3 is 2.64 bits per heavy atom. The summed E-state index contributed by atoms with van der Waals surface area (Å²) in [5, 5.41) is 6.30. The van der Waals surface area contributed by atoms with Gasteiger partial charge in [0.05, 0.1) is 7.11 Å². The summed E-state index contributed by atoms with van der Waals surface area (Å²) in [5.41, 5.74) is 0.722. The zero-order valence-corrected chi connectivity index (χ0v) is 15.6. The molecule has 0 spiro atoms. The summed E-state index contributed by atoms with van der Waals surface area (Å²) in [7, 11) is 1.31. The highest BCUT2D eigenvalue weighted by atomic mass is 35.5. The second-order valence-corrected chi connectivity index (χ2v) is 6.23. The number of hydrogen-bond acceptors (Lipinski definition) is 5. The second-order valence-electron chi connectivity index (χ2n) is 6.23. The first kappa shape index (κ1) is 21.3. The van der Waals surface area contributed by atoms with Crippen LogP contribution in [0, 0.1) is 11.8 Å². The molecule has 0 radical (unpaired) electrons. The summed E-state index contributed by atoms with van der Waals surface area (Å²) in [6.45, 7) is 4.09. The summed E-state index contributed by atoms with van der Waals surface area (Å²) in [4.78, 5) is 23.2. The molecule has 0 bridgehead atoms. The molecule has 0 saturated carbocycles. The van der Waals surface area contributed by atoms with Crippen molar-refractivity contribution >= 4 is 30.0 Å². The van der Waals surface area contributed by atoms with Crippen LogP contribution in [0.2, 0.25) is 0 Å². The summed E-state index contributed by atoms with van der Waals surface area (Å²) in [6.07, 6.45) is 2.89. The summed E-state index contributed by atoms with van der Waals surface area (Å²) < 4.78 is 9.78. The number of carbonyl (C=O) groups excluding carboxylic acids is 2. The van der Waals surface area contributed by atoms with Crippen LogP contribution in [0.15, 0.2) is 24.3 Å². The molecule has 1 fully saturated rings. The minimum absolute atomic E-state index is 0. The van der Waals surface area contributed by atoms with E-state index in [2.05, 4.69) is 22.3 Å². The number of rotatable bonds is 7. The first-order valence-electron chi connectivity index (χ1n) is 8.38. The highest BCUT2D eigenvalue weighted by Gasteiger charge is 2.22. The van der Waals surface area contributed by atoms with Crippen molar-refractivity contribution in [3.63, 3.8) is 0 Å². The molecule has 1 aromatic carbocycles. The Balaban J connectivity index is 0.00000312. The van der Waals surface area contributed by atoms with Crippen molar-refractivity contribution < 1.29 is 19.1 Å². The molecule has 1 amide bonds. The number of nitrogens with one attached hydrogen (secondary N) is 2. The topological polar surface area (TPSA) is 76.7 Å². The molecule has 2 N–H and O–H groups in total. The van der Waals surface area contributed by atoms with E-state index >= 15 is 0 Å². The van der Waals surface area contributed by atoms with Crippen LogP contribution in [0.4, 0.5) is 5.69 Å². The van der Waals surface area contributed by atoms with Crippen LogP contribution in [0.1, 0.15) is 26.2 Å². The van der Waals surface area contributed by atoms with Crippen molar-refractivity contribution in [1.29, 1.82) is 0 Å². The number of ether oxygens (including phenoxy) is 2. The number of hydrogen-bond donors (Lipinski definition) is 2. The van der Waals surface area contributed by atoms with E-state index < -0.39 is 5.97 Å². The lowest BCUT2D eigenvalue weighted by molar-refractivity contribution is -0.142. The van der Waals surface area contributed by atoms with Crippen LogP contribution < -0.4 is 15.4 Å². The maximum Gasteiger partial charge on any atom is 0.343 e. The summed E-state index contributed by atoms with van der Waals surface area (Å²) >= 11 is 0. The van der Waals surface area contributed by atoms with Gasteiger partial charge in [0.2, 0.25) is 5.91 Å². The molecule has 1 saturated heterocycles. The molecular formula is C18H27ClN2O4. The molecule has 25 heavy (non-hydrogen) atoms. The van der Waals surface area contributed by atoms with E-state index in [1.165, 1.54) is 20.0 Å². The summed E-state index contributed by atoms with van der Waals surface area (Å²) in [5.74, 6) is 1.08. The Bertz CT molecular complexity index is 545. The van der Waals surface area contributed by atoms with Crippen molar-refractivity contribution in [2.75, 3.05) is 32.1 Å². The molecule has 2 unspecified atom stereocenters. The number of amides is 1. The normalized spacial score (nSPS) is 17.8. The van der Waals surface area contributed by atoms with Gasteiger partial charge in [-0.1, -0.05) is 6.92 Å². The van der Waals surface area contributed by atoms with Gasteiger partial charge in [-0.05, 0) is 62.0 Å². The molecule has 2 atom stereocenters. The Morgan fingerprint density at radius 1 is 1.32 bits per heavy atom. The largest absolute Gasteiger partial charge is 0.482 e. The minimum Gasteiger partial charge on any atom is -0.482 e. The monoisotopic (exact) mass is 370 g/mol. The predicted molar refractivity (Wildman–Crippen MR) is 99.2 cm³/mol. The molecule has 2 rings (SSSR count). The third-order valence-electron chi connectivity index (χ3n) is 4.37. The molecule has 0 aliphatic carbocycles.